The lowest BCUT2D eigenvalue weighted by Crippen LogP contribution is -2.60. The third kappa shape index (κ3) is 3.34. The van der Waals surface area contributed by atoms with Crippen LogP contribution in [0, 0.1) is 0 Å². The molecule has 0 saturated heterocycles. The quantitative estimate of drug-likeness (QED) is 0.815. The van der Waals surface area contributed by atoms with Gasteiger partial charge in [0.15, 0.2) is 0 Å². The Kier molecular flexibility index (Phi) is 4.58. The van der Waals surface area contributed by atoms with Crippen LogP contribution in [0.1, 0.15) is 61.0 Å². The van der Waals surface area contributed by atoms with Crippen molar-refractivity contribution in [3.63, 3.8) is 0 Å². The van der Waals surface area contributed by atoms with Gasteiger partial charge in [0.1, 0.15) is 5.36 Å². The van der Waals surface area contributed by atoms with Crippen LogP contribution in [0.15, 0.2) is 39.8 Å². The molecule has 2 aliphatic rings. The lowest BCUT2D eigenvalue weighted by molar-refractivity contribution is -0.179. The Morgan fingerprint density at radius 3 is 2.07 bits per heavy atom. The number of fused-ring (bicyclic) bond motifs is 1. The molecule has 0 fully saturated rings. The number of hydroxylamine groups is 2. The minimum absolute atomic E-state index is 0.156. The molecule has 3 rings (SSSR count). The van der Waals surface area contributed by atoms with Gasteiger partial charge in [0.05, 0.1) is 6.21 Å². The second-order valence-corrected chi connectivity index (χ2v) is 9.24. The molecule has 6 heteroatoms. The van der Waals surface area contributed by atoms with Crippen molar-refractivity contribution in [3.8, 4) is 0 Å². The topological polar surface area (TPSA) is 54.7 Å². The van der Waals surface area contributed by atoms with Gasteiger partial charge in [-0.25, -0.2) is 5.06 Å². The van der Waals surface area contributed by atoms with E-state index in [1.807, 2.05) is 18.2 Å². The molecular weight excluding hydrogens is 338 g/mol. The van der Waals surface area contributed by atoms with Crippen LogP contribution >= 0.6 is 0 Å². The van der Waals surface area contributed by atoms with Gasteiger partial charge >= 0.3 is 0 Å². The highest BCUT2D eigenvalue weighted by Gasteiger charge is 2.46. The summed E-state index contributed by atoms with van der Waals surface area (Å²) in [5, 5.41) is 22.4. The zero-order valence-electron chi connectivity index (χ0n) is 17.6. The van der Waals surface area contributed by atoms with Crippen LogP contribution in [0.3, 0.4) is 0 Å². The molecule has 0 radical (unpaired) electrons. The molecule has 0 atom stereocenters. The maximum absolute atomic E-state index is 11.2. The van der Waals surface area contributed by atoms with E-state index in [0.29, 0.717) is 0 Å². The van der Waals surface area contributed by atoms with Crippen LogP contribution in [-0.2, 0) is 0 Å². The molecule has 0 unspecified atom stereocenters. The maximum Gasteiger partial charge on any atom is 0.204 e. The van der Waals surface area contributed by atoms with Crippen molar-refractivity contribution in [2.24, 2.45) is 10.2 Å². The molecule has 1 aromatic carbocycles. The first-order chi connectivity index (χ1) is 12.4. The van der Waals surface area contributed by atoms with E-state index in [2.05, 4.69) is 75.4 Å². The van der Waals surface area contributed by atoms with Crippen molar-refractivity contribution >= 4 is 12.4 Å². The first-order valence-corrected chi connectivity index (χ1v) is 9.38. The molecule has 0 spiro atoms. The summed E-state index contributed by atoms with van der Waals surface area (Å²) in [6.45, 7) is 17.2. The Bertz CT molecular complexity index is 887. The van der Waals surface area contributed by atoms with Crippen LogP contribution in [0.25, 0.3) is 6.20 Å². The molecule has 0 amide bonds. The first-order valence-electron chi connectivity index (χ1n) is 9.38. The number of rotatable bonds is 2. The SMILES string of the molecule is CC1=C(C)N(C(C)(C)C)C(N(O)C=c2cccc3c2=NN=C3)N1C(C)(C)C. The Morgan fingerprint density at radius 1 is 1.00 bits per heavy atom. The minimum atomic E-state index is -0.344. The maximum atomic E-state index is 11.2. The summed E-state index contributed by atoms with van der Waals surface area (Å²) < 4.78 is 0. The van der Waals surface area contributed by atoms with Crippen molar-refractivity contribution in [1.29, 1.82) is 0 Å². The van der Waals surface area contributed by atoms with E-state index in [-0.39, 0.29) is 17.4 Å². The molecule has 6 nitrogen and oxygen atoms in total. The van der Waals surface area contributed by atoms with Crippen molar-refractivity contribution in [2.45, 2.75) is 72.8 Å². The number of hydrogen-bond acceptors (Lipinski definition) is 6. The highest BCUT2D eigenvalue weighted by Crippen LogP contribution is 2.40. The zero-order chi connectivity index (χ0) is 20.1. The Morgan fingerprint density at radius 2 is 1.56 bits per heavy atom. The predicted molar refractivity (Wildman–Crippen MR) is 108 cm³/mol. The van der Waals surface area contributed by atoms with E-state index in [9.17, 15) is 5.21 Å². The van der Waals surface area contributed by atoms with Crippen LogP contribution < -0.4 is 10.6 Å². The fraction of sp³-hybridized carbons (Fsp3) is 0.524. The van der Waals surface area contributed by atoms with Gasteiger partial charge in [0.2, 0.25) is 6.29 Å². The standard InChI is InChI=1S/C21H31N5O/c1-14-15(2)26(21(6,7)8)19(25(14)20(3,4)5)24(27)13-17-11-9-10-16-12-22-23-18(16)17/h9-13,19,27H,1-8H3. The highest BCUT2D eigenvalue weighted by atomic mass is 16.5. The molecule has 0 bridgehead atoms. The zero-order valence-corrected chi connectivity index (χ0v) is 17.6. The first kappa shape index (κ1) is 19.4. The molecule has 1 N–H and O–H groups in total. The van der Waals surface area contributed by atoms with Crippen LogP contribution in [0.2, 0.25) is 0 Å². The van der Waals surface area contributed by atoms with E-state index in [1.165, 1.54) is 16.5 Å². The van der Waals surface area contributed by atoms with Crippen molar-refractivity contribution in [2.75, 3.05) is 0 Å². The molecular formula is C21H31N5O. The second kappa shape index (κ2) is 6.37. The van der Waals surface area contributed by atoms with Crippen LogP contribution in [0.5, 0.6) is 0 Å². The van der Waals surface area contributed by atoms with Gasteiger partial charge in [-0.3, -0.25) is 5.21 Å². The average molecular weight is 370 g/mol. The lowest BCUT2D eigenvalue weighted by Gasteiger charge is -2.48. The molecule has 27 heavy (non-hydrogen) atoms. The smallest absolute Gasteiger partial charge is 0.204 e. The minimum Gasteiger partial charge on any atom is -0.330 e. The van der Waals surface area contributed by atoms with Crippen molar-refractivity contribution in [3.05, 3.63) is 45.7 Å². The second-order valence-electron chi connectivity index (χ2n) is 9.24. The molecule has 1 aromatic rings. The molecule has 0 aromatic heterocycles. The fourth-order valence-electron chi connectivity index (χ4n) is 4.01. The van der Waals surface area contributed by atoms with Crippen molar-refractivity contribution in [1.82, 2.24) is 14.9 Å². The molecule has 0 aliphatic carbocycles. The summed E-state index contributed by atoms with van der Waals surface area (Å²) in [5.74, 6) is 0. The third-order valence-corrected chi connectivity index (χ3v) is 5.11. The van der Waals surface area contributed by atoms with Gasteiger partial charge < -0.3 is 9.80 Å². The summed E-state index contributed by atoms with van der Waals surface area (Å²) in [6, 6.07) is 5.88. The van der Waals surface area contributed by atoms with Crippen LogP contribution in [-0.4, -0.2) is 43.7 Å². The summed E-state index contributed by atoms with van der Waals surface area (Å²) in [7, 11) is 0. The van der Waals surface area contributed by atoms with Gasteiger partial charge in [-0.1, -0.05) is 18.2 Å². The number of benzene rings is 1. The molecule has 2 aliphatic heterocycles. The van der Waals surface area contributed by atoms with Gasteiger partial charge in [-0.05, 0) is 55.4 Å². The van der Waals surface area contributed by atoms with Crippen LogP contribution in [0.4, 0.5) is 0 Å². The average Bonchev–Trinajstić information content (AvgIpc) is 3.10. The fourth-order valence-corrected chi connectivity index (χ4v) is 4.01. The number of hydrogen-bond donors (Lipinski definition) is 1. The van der Waals surface area contributed by atoms with Crippen molar-refractivity contribution < 1.29 is 5.21 Å². The van der Waals surface area contributed by atoms with E-state index >= 15 is 0 Å². The van der Waals surface area contributed by atoms with E-state index in [4.69, 9.17) is 0 Å². The summed E-state index contributed by atoms with van der Waals surface area (Å²) >= 11 is 0. The summed E-state index contributed by atoms with van der Waals surface area (Å²) in [5.41, 5.74) is 2.99. The van der Waals surface area contributed by atoms with Gasteiger partial charge in [0, 0.05) is 39.5 Å². The Labute approximate surface area is 161 Å². The van der Waals surface area contributed by atoms with Gasteiger partial charge in [-0.15, -0.1) is 5.10 Å². The molecule has 2 heterocycles. The summed E-state index contributed by atoms with van der Waals surface area (Å²) in [6.07, 6.45) is 3.15. The molecule has 146 valence electrons. The number of nitrogens with zero attached hydrogens (tertiary/aromatic N) is 5. The van der Waals surface area contributed by atoms with E-state index in [1.54, 1.807) is 12.4 Å². The lowest BCUT2D eigenvalue weighted by atomic mass is 10.0. The third-order valence-electron chi connectivity index (χ3n) is 5.11. The number of allylic oxidation sites excluding steroid dienone is 2. The van der Waals surface area contributed by atoms with E-state index in [0.717, 1.165) is 16.1 Å². The predicted octanol–water partition coefficient (Wildman–Crippen LogP) is 2.83. The highest BCUT2D eigenvalue weighted by molar-refractivity contribution is 5.80. The monoisotopic (exact) mass is 369 g/mol. The summed E-state index contributed by atoms with van der Waals surface area (Å²) in [4.78, 5) is 4.53. The van der Waals surface area contributed by atoms with Gasteiger partial charge in [-0.2, -0.15) is 5.10 Å². The largest absolute Gasteiger partial charge is 0.330 e. The Balaban J connectivity index is 2.12. The normalized spacial score (nSPS) is 18.5. The Hall–Kier alpha value is -2.34. The van der Waals surface area contributed by atoms with Gasteiger partial charge in [0.25, 0.3) is 0 Å². The van der Waals surface area contributed by atoms with E-state index < -0.39 is 0 Å². The molecule has 0 saturated carbocycles.